The Kier molecular flexibility index (Phi) is 4.50. The maximum absolute atomic E-state index is 13.3. The Morgan fingerprint density at radius 2 is 1.93 bits per heavy atom. The topological polar surface area (TPSA) is 101 Å². The summed E-state index contributed by atoms with van der Waals surface area (Å²) in [6.45, 7) is 3.19. The maximum Gasteiger partial charge on any atom is 0.303 e. The normalized spacial score (nSPS) is 49.2. The number of ketones is 2. The molecular formula is C21H30O6. The van der Waals surface area contributed by atoms with E-state index in [0.29, 0.717) is 31.5 Å². The number of ether oxygens (including phenoxy) is 1. The summed E-state index contributed by atoms with van der Waals surface area (Å²) in [4.78, 5) is 37.4. The quantitative estimate of drug-likeness (QED) is 0.709. The Labute approximate surface area is 159 Å². The molecule has 4 aliphatic carbocycles. The molecule has 150 valence electrons. The molecular weight excluding hydrogens is 348 g/mol. The SMILES string of the molecule is CC(=O)OC1[C@@H](O)CC[C@@]2(CO)[C@H]1C(=O)C[C@@H]1[C@@H]2CC[C@]2(C)C(=O)CC[C@@H]12. The molecule has 8 atom stereocenters. The first-order valence-electron chi connectivity index (χ1n) is 10.3. The second kappa shape index (κ2) is 6.38. The fraction of sp³-hybridized carbons (Fsp3) is 0.857. The third-order valence-electron chi connectivity index (χ3n) is 8.50. The predicted molar refractivity (Wildman–Crippen MR) is 95.5 cm³/mol. The minimum Gasteiger partial charge on any atom is -0.459 e. The van der Waals surface area contributed by atoms with Crippen molar-refractivity contribution in [1.29, 1.82) is 0 Å². The molecule has 0 aromatic carbocycles. The summed E-state index contributed by atoms with van der Waals surface area (Å²) < 4.78 is 5.40. The van der Waals surface area contributed by atoms with Crippen LogP contribution < -0.4 is 0 Å². The summed E-state index contributed by atoms with van der Waals surface area (Å²) in [5, 5.41) is 20.9. The van der Waals surface area contributed by atoms with Gasteiger partial charge in [0, 0.05) is 37.2 Å². The van der Waals surface area contributed by atoms with E-state index in [1.807, 2.05) is 0 Å². The molecule has 1 unspecified atom stereocenters. The molecule has 4 rings (SSSR count). The van der Waals surface area contributed by atoms with E-state index < -0.39 is 29.5 Å². The molecule has 0 aliphatic heterocycles. The first-order valence-corrected chi connectivity index (χ1v) is 10.3. The Balaban J connectivity index is 1.73. The fourth-order valence-electron chi connectivity index (χ4n) is 7.25. The number of aliphatic hydroxyl groups is 2. The van der Waals surface area contributed by atoms with Gasteiger partial charge in [-0.05, 0) is 49.9 Å². The van der Waals surface area contributed by atoms with Gasteiger partial charge in [-0.2, -0.15) is 0 Å². The summed E-state index contributed by atoms with van der Waals surface area (Å²) in [5.74, 6) is -0.470. The van der Waals surface area contributed by atoms with Crippen LogP contribution in [-0.2, 0) is 19.1 Å². The average Bonchev–Trinajstić information content (AvgIpc) is 2.92. The van der Waals surface area contributed by atoms with Crippen molar-refractivity contribution in [2.45, 2.75) is 71.0 Å². The molecule has 6 nitrogen and oxygen atoms in total. The zero-order valence-corrected chi connectivity index (χ0v) is 16.1. The van der Waals surface area contributed by atoms with E-state index in [0.717, 1.165) is 19.3 Å². The average molecular weight is 378 g/mol. The van der Waals surface area contributed by atoms with E-state index in [1.54, 1.807) is 0 Å². The summed E-state index contributed by atoms with van der Waals surface area (Å²) in [6, 6.07) is 0. The molecule has 4 saturated carbocycles. The number of esters is 1. The lowest BCUT2D eigenvalue weighted by Crippen LogP contribution is -2.64. The minimum absolute atomic E-state index is 0.0288. The van der Waals surface area contributed by atoms with Crippen LogP contribution in [0.4, 0.5) is 0 Å². The molecule has 0 heterocycles. The summed E-state index contributed by atoms with van der Waals surface area (Å²) >= 11 is 0. The van der Waals surface area contributed by atoms with E-state index in [-0.39, 0.29) is 35.6 Å². The molecule has 0 amide bonds. The Morgan fingerprint density at radius 1 is 1.19 bits per heavy atom. The van der Waals surface area contributed by atoms with Gasteiger partial charge in [-0.15, -0.1) is 0 Å². The van der Waals surface area contributed by atoms with Gasteiger partial charge in [-0.25, -0.2) is 0 Å². The molecule has 4 aliphatic rings. The second-order valence-corrected chi connectivity index (χ2v) is 9.51. The first kappa shape index (κ1) is 19.1. The van der Waals surface area contributed by atoms with E-state index in [2.05, 4.69) is 6.92 Å². The largest absolute Gasteiger partial charge is 0.459 e. The molecule has 0 aromatic heterocycles. The van der Waals surface area contributed by atoms with E-state index in [9.17, 15) is 24.6 Å². The van der Waals surface area contributed by atoms with Crippen LogP contribution in [0.2, 0.25) is 0 Å². The van der Waals surface area contributed by atoms with Gasteiger partial charge in [0.2, 0.25) is 0 Å². The summed E-state index contributed by atoms with van der Waals surface area (Å²) in [7, 11) is 0. The Hall–Kier alpha value is -1.27. The van der Waals surface area contributed by atoms with E-state index >= 15 is 0 Å². The number of fused-ring (bicyclic) bond motifs is 5. The van der Waals surface area contributed by atoms with Gasteiger partial charge in [0.05, 0.1) is 12.0 Å². The van der Waals surface area contributed by atoms with Crippen LogP contribution >= 0.6 is 0 Å². The molecule has 0 bridgehead atoms. The zero-order chi connectivity index (χ0) is 19.6. The van der Waals surface area contributed by atoms with E-state index in [1.165, 1.54) is 6.92 Å². The maximum atomic E-state index is 13.3. The van der Waals surface area contributed by atoms with Crippen LogP contribution in [0.3, 0.4) is 0 Å². The monoisotopic (exact) mass is 378 g/mol. The molecule has 4 fully saturated rings. The van der Waals surface area contributed by atoms with Crippen molar-refractivity contribution < 1.29 is 29.3 Å². The van der Waals surface area contributed by atoms with Gasteiger partial charge in [0.25, 0.3) is 0 Å². The van der Waals surface area contributed by atoms with Crippen LogP contribution in [0.25, 0.3) is 0 Å². The lowest BCUT2D eigenvalue weighted by Gasteiger charge is -2.60. The standard InChI is InChI=1S/C21H30O6/c1-11(23)27-19-15(24)6-8-21(10-22)14-5-7-20(2)13(3-4-17(20)26)12(14)9-16(25)18(19)21/h12-15,18-19,22,24H,3-10H2,1-2H3/t12-,13-,14-,15-,18-,19?,20-,21-/m0/s1. The van der Waals surface area contributed by atoms with Gasteiger partial charge in [0.1, 0.15) is 17.7 Å². The third-order valence-corrected chi connectivity index (χ3v) is 8.50. The number of aliphatic hydroxyl groups excluding tert-OH is 2. The van der Waals surface area contributed by atoms with Crippen LogP contribution in [0, 0.1) is 34.5 Å². The Morgan fingerprint density at radius 3 is 2.59 bits per heavy atom. The van der Waals surface area contributed by atoms with Crippen LogP contribution in [0.15, 0.2) is 0 Å². The molecule has 27 heavy (non-hydrogen) atoms. The fourth-order valence-corrected chi connectivity index (χ4v) is 7.25. The number of rotatable bonds is 2. The molecule has 0 saturated heterocycles. The lowest BCUT2D eigenvalue weighted by molar-refractivity contribution is -0.205. The van der Waals surface area contributed by atoms with Crippen molar-refractivity contribution >= 4 is 17.5 Å². The minimum atomic E-state index is -0.879. The van der Waals surface area contributed by atoms with Gasteiger partial charge in [-0.1, -0.05) is 6.92 Å². The lowest BCUT2D eigenvalue weighted by atomic mass is 9.44. The van der Waals surface area contributed by atoms with Crippen LogP contribution in [0.1, 0.15) is 58.8 Å². The number of carbonyl (C=O) groups excluding carboxylic acids is 3. The summed E-state index contributed by atoms with van der Waals surface area (Å²) in [6.07, 6.45) is 2.57. The van der Waals surface area contributed by atoms with Gasteiger partial charge in [-0.3, -0.25) is 14.4 Å². The van der Waals surface area contributed by atoms with Crippen LogP contribution in [-0.4, -0.2) is 46.6 Å². The van der Waals surface area contributed by atoms with Crippen molar-refractivity contribution in [3.05, 3.63) is 0 Å². The van der Waals surface area contributed by atoms with Gasteiger partial charge < -0.3 is 14.9 Å². The van der Waals surface area contributed by atoms with Crippen molar-refractivity contribution in [3.8, 4) is 0 Å². The van der Waals surface area contributed by atoms with Crippen molar-refractivity contribution in [2.75, 3.05) is 6.61 Å². The highest BCUT2D eigenvalue weighted by Gasteiger charge is 2.66. The number of Topliss-reactive ketones (excluding diaryl/α,β-unsaturated/α-hetero) is 2. The van der Waals surface area contributed by atoms with E-state index in [4.69, 9.17) is 4.74 Å². The van der Waals surface area contributed by atoms with Crippen LogP contribution in [0.5, 0.6) is 0 Å². The number of hydrogen-bond donors (Lipinski definition) is 2. The third kappa shape index (κ3) is 2.55. The smallest absolute Gasteiger partial charge is 0.303 e. The molecule has 0 radical (unpaired) electrons. The highest BCUT2D eigenvalue weighted by atomic mass is 16.6. The number of hydrogen-bond acceptors (Lipinski definition) is 6. The molecule has 0 aromatic rings. The van der Waals surface area contributed by atoms with Crippen molar-refractivity contribution in [2.24, 2.45) is 34.5 Å². The van der Waals surface area contributed by atoms with Crippen molar-refractivity contribution in [1.82, 2.24) is 0 Å². The highest BCUT2D eigenvalue weighted by Crippen LogP contribution is 2.64. The zero-order valence-electron chi connectivity index (χ0n) is 16.1. The molecule has 0 spiro atoms. The summed E-state index contributed by atoms with van der Waals surface area (Å²) in [5.41, 5.74) is -0.999. The van der Waals surface area contributed by atoms with Gasteiger partial charge >= 0.3 is 5.97 Å². The first-order chi connectivity index (χ1) is 12.7. The number of carbonyl (C=O) groups is 3. The Bertz CT molecular complexity index is 674. The predicted octanol–water partition coefficient (Wildman–Crippen LogP) is 1.65. The van der Waals surface area contributed by atoms with Crippen molar-refractivity contribution in [3.63, 3.8) is 0 Å². The van der Waals surface area contributed by atoms with Gasteiger partial charge in [0.15, 0.2) is 0 Å². The highest BCUT2D eigenvalue weighted by molar-refractivity contribution is 5.88. The molecule has 6 heteroatoms. The second-order valence-electron chi connectivity index (χ2n) is 9.51. The molecule has 2 N–H and O–H groups in total.